The van der Waals surface area contributed by atoms with E-state index in [-0.39, 0.29) is 17.8 Å². The first kappa shape index (κ1) is 26.5. The minimum atomic E-state index is -0.302. The van der Waals surface area contributed by atoms with E-state index >= 15 is 0 Å². The summed E-state index contributed by atoms with van der Waals surface area (Å²) in [5, 5.41) is 0. The molecule has 3 atom stereocenters. The molecule has 2 heteroatoms. The topological polar surface area (TPSA) is 18.5 Å². The average Bonchev–Trinajstić information content (AvgIpc) is 2.78. The molecule has 2 rings (SSSR count). The molecule has 0 aromatic heterocycles. The number of ether oxygens (including phenoxy) is 2. The molecular weight excluding hydrogens is 392 g/mol. The summed E-state index contributed by atoms with van der Waals surface area (Å²) in [7, 11) is 0. The highest BCUT2D eigenvalue weighted by molar-refractivity contribution is 5.29. The van der Waals surface area contributed by atoms with Crippen LogP contribution in [-0.2, 0) is 4.74 Å². The molecule has 178 valence electrons. The van der Waals surface area contributed by atoms with Gasteiger partial charge in [0.2, 0.25) is 6.29 Å². The van der Waals surface area contributed by atoms with Crippen LogP contribution in [0.3, 0.4) is 0 Å². The van der Waals surface area contributed by atoms with Gasteiger partial charge in [-0.2, -0.15) is 0 Å². The van der Waals surface area contributed by atoms with Crippen LogP contribution in [-0.4, -0.2) is 6.29 Å². The van der Waals surface area contributed by atoms with E-state index in [1.165, 1.54) is 30.4 Å². The minimum absolute atomic E-state index is 0.0296. The SMILES string of the molecule is CCCC(CC)c1ccc(OC(CC(C)(C(C)C)C(C)C)OC(C)c2ccccc2)cc1. The van der Waals surface area contributed by atoms with Gasteiger partial charge in [-0.05, 0) is 66.2 Å². The molecule has 32 heavy (non-hydrogen) atoms. The van der Waals surface area contributed by atoms with Crippen molar-refractivity contribution in [3.8, 4) is 5.75 Å². The second kappa shape index (κ2) is 12.4. The Morgan fingerprint density at radius 1 is 0.781 bits per heavy atom. The van der Waals surface area contributed by atoms with Crippen molar-refractivity contribution in [3.63, 3.8) is 0 Å². The fourth-order valence-electron chi connectivity index (χ4n) is 4.57. The minimum Gasteiger partial charge on any atom is -0.465 e. The van der Waals surface area contributed by atoms with Gasteiger partial charge in [-0.15, -0.1) is 0 Å². The van der Waals surface area contributed by atoms with Crippen LogP contribution in [0.1, 0.15) is 104 Å². The number of benzene rings is 2. The van der Waals surface area contributed by atoms with Gasteiger partial charge in [0.25, 0.3) is 0 Å². The van der Waals surface area contributed by atoms with Crippen LogP contribution in [0.2, 0.25) is 0 Å². The number of hydrogen-bond donors (Lipinski definition) is 0. The second-order valence-corrected chi connectivity index (χ2v) is 10.2. The maximum absolute atomic E-state index is 6.55. The summed E-state index contributed by atoms with van der Waals surface area (Å²) in [5.74, 6) is 2.58. The van der Waals surface area contributed by atoms with Crippen LogP contribution in [0.15, 0.2) is 54.6 Å². The summed E-state index contributed by atoms with van der Waals surface area (Å²) in [6.45, 7) is 18.3. The van der Waals surface area contributed by atoms with E-state index in [0.717, 1.165) is 12.2 Å². The Morgan fingerprint density at radius 2 is 1.38 bits per heavy atom. The molecule has 0 fully saturated rings. The Kier molecular flexibility index (Phi) is 10.3. The van der Waals surface area contributed by atoms with Crippen LogP contribution in [0.5, 0.6) is 5.75 Å². The smallest absolute Gasteiger partial charge is 0.201 e. The maximum atomic E-state index is 6.55. The van der Waals surface area contributed by atoms with Crippen LogP contribution < -0.4 is 4.74 Å². The summed E-state index contributed by atoms with van der Waals surface area (Å²) in [6, 6.07) is 19.1. The first-order valence-electron chi connectivity index (χ1n) is 12.7. The molecule has 2 nitrogen and oxygen atoms in total. The lowest BCUT2D eigenvalue weighted by atomic mass is 9.68. The predicted octanol–water partition coefficient (Wildman–Crippen LogP) is 9.17. The molecule has 0 spiro atoms. The predicted molar refractivity (Wildman–Crippen MR) is 137 cm³/mol. The molecular formula is C30H46O2. The van der Waals surface area contributed by atoms with E-state index in [4.69, 9.17) is 9.47 Å². The normalized spacial score (nSPS) is 15.1. The third-order valence-electron chi connectivity index (χ3n) is 7.62. The van der Waals surface area contributed by atoms with Gasteiger partial charge in [0, 0.05) is 6.42 Å². The fraction of sp³-hybridized carbons (Fsp3) is 0.600. The Bertz CT molecular complexity index is 755. The summed E-state index contributed by atoms with van der Waals surface area (Å²) in [5.41, 5.74) is 2.71. The summed E-state index contributed by atoms with van der Waals surface area (Å²) < 4.78 is 13.1. The summed E-state index contributed by atoms with van der Waals surface area (Å²) >= 11 is 0. The molecule has 0 aliphatic carbocycles. The molecule has 0 saturated heterocycles. The first-order chi connectivity index (χ1) is 15.2. The molecule has 0 aliphatic heterocycles. The average molecular weight is 439 g/mol. The molecule has 0 amide bonds. The van der Waals surface area contributed by atoms with Crippen LogP contribution in [0.25, 0.3) is 0 Å². The standard InChI is InChI=1S/C30H46O2/c1-9-14-25(10-2)27-17-19-28(20-18-27)32-29(21-30(8,22(3)4)23(5)6)31-24(7)26-15-12-11-13-16-26/h11-13,15-20,22-25,29H,9-10,14,21H2,1-8H3. The zero-order chi connectivity index (χ0) is 23.7. The highest BCUT2D eigenvalue weighted by atomic mass is 16.7. The van der Waals surface area contributed by atoms with Gasteiger partial charge in [0.1, 0.15) is 5.75 Å². The molecule has 0 saturated carbocycles. The van der Waals surface area contributed by atoms with Crippen molar-refractivity contribution in [2.24, 2.45) is 17.3 Å². The highest BCUT2D eigenvalue weighted by Gasteiger charge is 2.36. The third kappa shape index (κ3) is 7.10. The van der Waals surface area contributed by atoms with Gasteiger partial charge in [-0.1, -0.05) is 97.4 Å². The van der Waals surface area contributed by atoms with Gasteiger partial charge < -0.3 is 9.47 Å². The van der Waals surface area contributed by atoms with E-state index in [2.05, 4.69) is 104 Å². The molecule has 0 N–H and O–H groups in total. The Hall–Kier alpha value is -1.80. The summed E-state index contributed by atoms with van der Waals surface area (Å²) in [6.07, 6.45) is 4.15. The lowest BCUT2D eigenvalue weighted by Crippen LogP contribution is -2.37. The highest BCUT2D eigenvalue weighted by Crippen LogP contribution is 2.41. The molecule has 0 heterocycles. The van der Waals surface area contributed by atoms with Crippen LogP contribution >= 0.6 is 0 Å². The quantitative estimate of drug-likeness (QED) is 0.290. The Balaban J connectivity index is 2.23. The summed E-state index contributed by atoms with van der Waals surface area (Å²) in [4.78, 5) is 0. The number of hydrogen-bond acceptors (Lipinski definition) is 2. The van der Waals surface area contributed by atoms with Crippen molar-refractivity contribution in [3.05, 3.63) is 65.7 Å². The largest absolute Gasteiger partial charge is 0.465 e. The van der Waals surface area contributed by atoms with Gasteiger partial charge in [-0.3, -0.25) is 0 Å². The van der Waals surface area contributed by atoms with Gasteiger partial charge in [-0.25, -0.2) is 0 Å². The second-order valence-electron chi connectivity index (χ2n) is 10.2. The van der Waals surface area contributed by atoms with Crippen molar-refractivity contribution in [2.45, 2.75) is 99.4 Å². The number of rotatable bonds is 13. The van der Waals surface area contributed by atoms with Gasteiger partial charge in [0.15, 0.2) is 0 Å². The molecule has 0 radical (unpaired) electrons. The van der Waals surface area contributed by atoms with Crippen molar-refractivity contribution < 1.29 is 9.47 Å². The Morgan fingerprint density at radius 3 is 1.88 bits per heavy atom. The monoisotopic (exact) mass is 438 g/mol. The molecule has 2 aromatic rings. The van der Waals surface area contributed by atoms with Gasteiger partial charge in [0.05, 0.1) is 6.10 Å². The fourth-order valence-corrected chi connectivity index (χ4v) is 4.57. The van der Waals surface area contributed by atoms with E-state index in [1.54, 1.807) is 0 Å². The lowest BCUT2D eigenvalue weighted by molar-refractivity contribution is -0.144. The first-order valence-corrected chi connectivity index (χ1v) is 12.7. The van der Waals surface area contributed by atoms with E-state index in [9.17, 15) is 0 Å². The van der Waals surface area contributed by atoms with E-state index < -0.39 is 0 Å². The lowest BCUT2D eigenvalue weighted by Gasteiger charge is -2.41. The zero-order valence-corrected chi connectivity index (χ0v) is 21.7. The molecule has 3 unspecified atom stereocenters. The van der Waals surface area contributed by atoms with Crippen molar-refractivity contribution >= 4 is 0 Å². The van der Waals surface area contributed by atoms with Gasteiger partial charge >= 0.3 is 0 Å². The van der Waals surface area contributed by atoms with Crippen LogP contribution in [0, 0.1) is 17.3 Å². The molecule has 2 aromatic carbocycles. The van der Waals surface area contributed by atoms with Crippen LogP contribution in [0.4, 0.5) is 0 Å². The van der Waals surface area contributed by atoms with Crippen molar-refractivity contribution in [1.82, 2.24) is 0 Å². The van der Waals surface area contributed by atoms with Crippen molar-refractivity contribution in [2.75, 3.05) is 0 Å². The zero-order valence-electron chi connectivity index (χ0n) is 21.7. The molecule has 0 bridgehead atoms. The van der Waals surface area contributed by atoms with Crippen molar-refractivity contribution in [1.29, 1.82) is 0 Å². The van der Waals surface area contributed by atoms with E-state index in [0.29, 0.717) is 17.8 Å². The maximum Gasteiger partial charge on any atom is 0.201 e. The van der Waals surface area contributed by atoms with E-state index in [1.807, 2.05) is 6.07 Å². The third-order valence-corrected chi connectivity index (χ3v) is 7.62. The Labute approximate surface area is 197 Å². The molecule has 0 aliphatic rings.